The molecular weight excluding hydrogens is 356 g/mol. The predicted molar refractivity (Wildman–Crippen MR) is 125 cm³/mol. The van der Waals surface area contributed by atoms with E-state index in [9.17, 15) is 0 Å². The summed E-state index contributed by atoms with van der Waals surface area (Å²) >= 11 is 0. The van der Waals surface area contributed by atoms with Gasteiger partial charge in [-0.2, -0.15) is 0 Å². The number of benzene rings is 2. The van der Waals surface area contributed by atoms with Crippen LogP contribution in [0.3, 0.4) is 0 Å². The van der Waals surface area contributed by atoms with E-state index in [1.165, 1.54) is 27.7 Å². The largest absolute Gasteiger partial charge is 0.353 e. The molecule has 0 unspecified atom stereocenters. The van der Waals surface area contributed by atoms with Gasteiger partial charge in [-0.05, 0) is 65.5 Å². The maximum absolute atomic E-state index is 2.44. The van der Waals surface area contributed by atoms with Gasteiger partial charge < -0.3 is 19.6 Å². The Morgan fingerprint density at radius 3 is 1.90 bits per heavy atom. The number of rotatable bonds is 4. The first-order valence-corrected chi connectivity index (χ1v) is 10.8. The number of fused-ring (bicyclic) bond motifs is 1. The third-order valence-corrected chi connectivity index (χ3v) is 6.44. The van der Waals surface area contributed by atoms with Gasteiger partial charge in [0.15, 0.2) is 0 Å². The summed E-state index contributed by atoms with van der Waals surface area (Å²) in [6.45, 7) is 15.9. The zero-order valence-electron chi connectivity index (χ0n) is 18.8. The molecule has 0 radical (unpaired) electrons. The average Bonchev–Trinajstić information content (AvgIpc) is 3.24. The molecule has 0 aliphatic carbocycles. The van der Waals surface area contributed by atoms with Gasteiger partial charge in [0.1, 0.15) is 12.3 Å². The van der Waals surface area contributed by atoms with Crippen molar-refractivity contribution in [1.29, 1.82) is 0 Å². The first kappa shape index (κ1) is 19.7. The number of nitrogens with zero attached hydrogens (tertiary/aromatic N) is 4. The van der Waals surface area contributed by atoms with Crippen LogP contribution < -0.4 is 9.80 Å². The van der Waals surface area contributed by atoms with E-state index in [0.29, 0.717) is 24.4 Å². The molecule has 2 aromatic carbocycles. The number of hydrogen-bond acceptors (Lipinski definition) is 4. The second kappa shape index (κ2) is 7.33. The maximum Gasteiger partial charge on any atom is 0.103 e. The monoisotopic (exact) mass is 390 g/mol. The highest BCUT2D eigenvalue weighted by molar-refractivity contribution is 6.00. The number of anilines is 2. The molecule has 0 saturated heterocycles. The van der Waals surface area contributed by atoms with Crippen LogP contribution >= 0.6 is 0 Å². The highest BCUT2D eigenvalue weighted by atomic mass is 15.4. The van der Waals surface area contributed by atoms with Gasteiger partial charge >= 0.3 is 0 Å². The van der Waals surface area contributed by atoms with E-state index in [1.54, 1.807) is 0 Å². The van der Waals surface area contributed by atoms with E-state index in [4.69, 9.17) is 0 Å². The van der Waals surface area contributed by atoms with Crippen LogP contribution in [0.25, 0.3) is 10.8 Å². The van der Waals surface area contributed by atoms with Gasteiger partial charge in [0.05, 0.1) is 5.69 Å². The van der Waals surface area contributed by atoms with Crippen LogP contribution in [-0.4, -0.2) is 34.2 Å². The molecular formula is C25H34N4. The van der Waals surface area contributed by atoms with Crippen molar-refractivity contribution < 1.29 is 0 Å². The standard InChI is InChI=1S/C25H34N4/c1-17(2)26-12-14-28(20(26)6)24-16-22-10-8-9-11-23(22)25(19(24)5)29-15-13-27(18(3)4)21(29)7/h8-18,20-21H,1-7H3/t20-,21+/m1/s1. The molecule has 0 N–H and O–H groups in total. The Balaban J connectivity index is 1.85. The van der Waals surface area contributed by atoms with Gasteiger partial charge in [0.2, 0.25) is 0 Å². The van der Waals surface area contributed by atoms with Crippen molar-refractivity contribution in [2.24, 2.45) is 0 Å². The lowest BCUT2D eigenvalue weighted by molar-refractivity contribution is 0.263. The topological polar surface area (TPSA) is 13.0 Å². The molecule has 0 bridgehead atoms. The minimum absolute atomic E-state index is 0.297. The van der Waals surface area contributed by atoms with Crippen molar-refractivity contribution in [2.45, 2.75) is 72.9 Å². The van der Waals surface area contributed by atoms with E-state index in [-0.39, 0.29) is 0 Å². The van der Waals surface area contributed by atoms with Crippen molar-refractivity contribution in [2.75, 3.05) is 9.80 Å². The Labute approximate surface area is 175 Å². The molecule has 154 valence electrons. The Kier molecular flexibility index (Phi) is 4.97. The van der Waals surface area contributed by atoms with E-state index < -0.39 is 0 Å². The fraction of sp³-hybridized carbons (Fsp3) is 0.440. The second-order valence-electron chi connectivity index (χ2n) is 8.85. The molecule has 4 heteroatoms. The first-order chi connectivity index (χ1) is 13.8. The Morgan fingerprint density at radius 1 is 0.759 bits per heavy atom. The summed E-state index contributed by atoms with van der Waals surface area (Å²) in [5.74, 6) is 0. The van der Waals surface area contributed by atoms with Gasteiger partial charge in [-0.1, -0.05) is 24.3 Å². The summed E-state index contributed by atoms with van der Waals surface area (Å²) in [7, 11) is 0. The van der Waals surface area contributed by atoms with Crippen LogP contribution in [0.5, 0.6) is 0 Å². The molecule has 4 rings (SSSR count). The van der Waals surface area contributed by atoms with Crippen molar-refractivity contribution in [3.8, 4) is 0 Å². The van der Waals surface area contributed by atoms with Crippen LogP contribution in [0.1, 0.15) is 47.1 Å². The highest BCUT2D eigenvalue weighted by Crippen LogP contribution is 2.42. The van der Waals surface area contributed by atoms with Crippen LogP contribution in [-0.2, 0) is 0 Å². The number of hydrogen-bond donors (Lipinski definition) is 0. The van der Waals surface area contributed by atoms with Gasteiger partial charge in [-0.25, -0.2) is 0 Å². The molecule has 4 nitrogen and oxygen atoms in total. The summed E-state index contributed by atoms with van der Waals surface area (Å²) in [6, 6.07) is 12.1. The molecule has 2 aliphatic heterocycles. The molecule has 0 aromatic heterocycles. The van der Waals surface area contributed by atoms with Crippen molar-refractivity contribution in [3.05, 3.63) is 60.7 Å². The van der Waals surface area contributed by atoms with Crippen LogP contribution in [0.15, 0.2) is 55.1 Å². The molecule has 2 atom stereocenters. The average molecular weight is 391 g/mol. The zero-order chi connectivity index (χ0) is 20.9. The molecule has 2 aromatic rings. The summed E-state index contributed by atoms with van der Waals surface area (Å²) in [6.07, 6.45) is 9.53. The highest BCUT2D eigenvalue weighted by Gasteiger charge is 2.31. The van der Waals surface area contributed by atoms with Crippen molar-refractivity contribution >= 4 is 22.1 Å². The van der Waals surface area contributed by atoms with Crippen LogP contribution in [0.2, 0.25) is 0 Å². The van der Waals surface area contributed by atoms with Crippen molar-refractivity contribution in [1.82, 2.24) is 9.80 Å². The molecule has 29 heavy (non-hydrogen) atoms. The second-order valence-corrected chi connectivity index (χ2v) is 8.85. The van der Waals surface area contributed by atoms with E-state index >= 15 is 0 Å². The molecule has 2 heterocycles. The Morgan fingerprint density at radius 2 is 1.31 bits per heavy atom. The summed E-state index contributed by atoms with van der Waals surface area (Å²) < 4.78 is 0. The van der Waals surface area contributed by atoms with E-state index in [0.717, 1.165) is 0 Å². The van der Waals surface area contributed by atoms with E-state index in [2.05, 4.69) is 123 Å². The molecule has 0 amide bonds. The lowest BCUT2D eigenvalue weighted by atomic mass is 10.0. The van der Waals surface area contributed by atoms with Crippen molar-refractivity contribution in [3.63, 3.8) is 0 Å². The zero-order valence-corrected chi connectivity index (χ0v) is 18.8. The molecule has 0 spiro atoms. The van der Waals surface area contributed by atoms with Gasteiger partial charge in [0, 0.05) is 48.0 Å². The fourth-order valence-electron chi connectivity index (χ4n) is 4.85. The molecule has 2 aliphatic rings. The van der Waals surface area contributed by atoms with Crippen LogP contribution in [0.4, 0.5) is 11.4 Å². The van der Waals surface area contributed by atoms with Gasteiger partial charge in [0.25, 0.3) is 0 Å². The third kappa shape index (κ3) is 3.15. The normalized spacial score (nSPS) is 21.7. The van der Waals surface area contributed by atoms with Gasteiger partial charge in [-0.15, -0.1) is 0 Å². The molecule has 0 saturated carbocycles. The fourth-order valence-corrected chi connectivity index (χ4v) is 4.85. The lowest BCUT2D eigenvalue weighted by Gasteiger charge is -2.36. The maximum atomic E-state index is 2.44. The lowest BCUT2D eigenvalue weighted by Crippen LogP contribution is -2.41. The van der Waals surface area contributed by atoms with Gasteiger partial charge in [-0.3, -0.25) is 0 Å². The minimum atomic E-state index is 0.297. The molecule has 0 fully saturated rings. The predicted octanol–water partition coefficient (Wildman–Crippen LogP) is 5.84. The van der Waals surface area contributed by atoms with Crippen LogP contribution in [0, 0.1) is 6.92 Å². The first-order valence-electron chi connectivity index (χ1n) is 10.8. The quantitative estimate of drug-likeness (QED) is 0.650. The smallest absolute Gasteiger partial charge is 0.103 e. The Hall–Kier alpha value is -2.62. The summed E-state index contributed by atoms with van der Waals surface area (Å²) in [5, 5.41) is 2.60. The SMILES string of the molecule is Cc1c(N2C=CN(C(C)C)[C@H]2C)cc2ccccc2c1N1C=CN(C(C)C)[C@@H]1C. The summed E-state index contributed by atoms with van der Waals surface area (Å²) in [4.78, 5) is 9.68. The van der Waals surface area contributed by atoms with E-state index in [1.807, 2.05) is 0 Å². The minimum Gasteiger partial charge on any atom is -0.353 e. The summed E-state index contributed by atoms with van der Waals surface area (Å²) in [5.41, 5.74) is 3.93. The Bertz CT molecular complexity index is 959. The third-order valence-electron chi connectivity index (χ3n) is 6.44.